The molecule has 1 aliphatic carbocycles. The maximum atomic E-state index is 13.0. The van der Waals surface area contributed by atoms with Crippen LogP contribution in [0.15, 0.2) is 30.3 Å². The van der Waals surface area contributed by atoms with Gasteiger partial charge >= 0.3 is 0 Å². The van der Waals surface area contributed by atoms with Gasteiger partial charge in [0.05, 0.1) is 5.69 Å². The number of ketones is 2. The Morgan fingerprint density at radius 3 is 2.52 bits per heavy atom. The van der Waals surface area contributed by atoms with E-state index in [1.807, 2.05) is 44.2 Å². The van der Waals surface area contributed by atoms with Crippen LogP contribution in [0, 0.1) is 25.7 Å². The van der Waals surface area contributed by atoms with Gasteiger partial charge < -0.3 is 4.74 Å². The number of benzene rings is 1. The summed E-state index contributed by atoms with van der Waals surface area (Å²) < 4.78 is 7.05. The summed E-state index contributed by atoms with van der Waals surface area (Å²) in [4.78, 5) is 25.7. The number of ether oxygens (including phenoxy) is 1. The number of nitrogens with zero attached hydrogens (tertiary/aromatic N) is 2. The van der Waals surface area contributed by atoms with E-state index in [0.717, 1.165) is 49.4 Å². The van der Waals surface area contributed by atoms with Crippen molar-refractivity contribution in [2.45, 2.75) is 45.6 Å². The van der Waals surface area contributed by atoms with Crippen molar-refractivity contribution in [1.29, 1.82) is 0 Å². The third kappa shape index (κ3) is 3.61. The van der Waals surface area contributed by atoms with Gasteiger partial charge in [-0.15, -0.1) is 0 Å². The molecule has 2 fully saturated rings. The Hall–Kier alpha value is -2.27. The van der Waals surface area contributed by atoms with E-state index in [2.05, 4.69) is 5.10 Å². The molecule has 142 valence electrons. The number of Topliss-reactive ketones (excluding diaryl/α,β-unsaturated/α-hetero) is 2. The minimum atomic E-state index is -0.756. The zero-order valence-corrected chi connectivity index (χ0v) is 16.0. The quantitative estimate of drug-likeness (QED) is 0.775. The maximum absolute atomic E-state index is 13.0. The molecule has 4 rings (SSSR count). The van der Waals surface area contributed by atoms with Gasteiger partial charge in [0.2, 0.25) is 0 Å². The molecule has 0 amide bonds. The fourth-order valence-electron chi connectivity index (χ4n) is 4.29. The highest BCUT2D eigenvalue weighted by atomic mass is 16.5. The lowest BCUT2D eigenvalue weighted by molar-refractivity contribution is -0.127. The van der Waals surface area contributed by atoms with Crippen molar-refractivity contribution in [3.8, 4) is 11.3 Å². The Morgan fingerprint density at radius 2 is 1.81 bits per heavy atom. The monoisotopic (exact) mass is 366 g/mol. The Bertz CT molecular complexity index is 847. The van der Waals surface area contributed by atoms with Crippen LogP contribution in [0.4, 0.5) is 0 Å². The van der Waals surface area contributed by atoms with E-state index in [-0.39, 0.29) is 17.5 Å². The number of aromatic nitrogens is 2. The predicted molar refractivity (Wildman–Crippen MR) is 102 cm³/mol. The van der Waals surface area contributed by atoms with Crippen LogP contribution in [-0.2, 0) is 14.3 Å². The first kappa shape index (κ1) is 18.1. The molecule has 2 heterocycles. The highest BCUT2D eigenvalue weighted by molar-refractivity contribution is 6.11. The molecule has 1 saturated heterocycles. The molecule has 27 heavy (non-hydrogen) atoms. The molecule has 0 N–H and O–H groups in total. The second kappa shape index (κ2) is 7.39. The van der Waals surface area contributed by atoms with E-state index in [4.69, 9.17) is 4.74 Å². The van der Waals surface area contributed by atoms with Crippen LogP contribution in [0.25, 0.3) is 11.3 Å². The standard InChI is InChI=1S/C22H26N2O3/c1-14-3-5-17(6-4-14)19-11-15(2)24(23-19)21-20(25)13-18(22(21)26)12-16-7-9-27-10-8-16/h3-6,11,16,18,21H,7-10,12-13H2,1-2H3. The van der Waals surface area contributed by atoms with Gasteiger partial charge in [-0.05, 0) is 45.1 Å². The lowest BCUT2D eigenvalue weighted by atomic mass is 9.87. The van der Waals surface area contributed by atoms with Gasteiger partial charge in [0.1, 0.15) is 0 Å². The summed E-state index contributed by atoms with van der Waals surface area (Å²) in [5.41, 5.74) is 3.84. The highest BCUT2D eigenvalue weighted by Crippen LogP contribution is 2.36. The number of aryl methyl sites for hydroxylation is 2. The largest absolute Gasteiger partial charge is 0.381 e. The van der Waals surface area contributed by atoms with E-state index in [1.165, 1.54) is 5.56 Å². The second-order valence-corrected chi connectivity index (χ2v) is 7.95. The van der Waals surface area contributed by atoms with Crippen molar-refractivity contribution in [1.82, 2.24) is 9.78 Å². The number of rotatable bonds is 4. The minimum Gasteiger partial charge on any atom is -0.381 e. The first-order chi connectivity index (χ1) is 13.0. The van der Waals surface area contributed by atoms with Crippen LogP contribution >= 0.6 is 0 Å². The van der Waals surface area contributed by atoms with Crippen LogP contribution in [-0.4, -0.2) is 34.6 Å². The molecule has 0 spiro atoms. The second-order valence-electron chi connectivity index (χ2n) is 7.95. The SMILES string of the molecule is Cc1ccc(-c2cc(C)n(C3C(=O)CC(CC4CCOCC4)C3=O)n2)cc1. The molecular weight excluding hydrogens is 340 g/mol. The topological polar surface area (TPSA) is 61.2 Å². The Kier molecular flexibility index (Phi) is 4.96. The van der Waals surface area contributed by atoms with Crippen LogP contribution in [0.1, 0.15) is 43.0 Å². The summed E-state index contributed by atoms with van der Waals surface area (Å²) in [6.07, 6.45) is 3.12. The van der Waals surface area contributed by atoms with Crippen molar-refractivity contribution in [2.75, 3.05) is 13.2 Å². The Labute approximate surface area is 159 Å². The lowest BCUT2D eigenvalue weighted by Crippen LogP contribution is -2.25. The van der Waals surface area contributed by atoms with E-state index >= 15 is 0 Å². The molecule has 1 aliphatic heterocycles. The Morgan fingerprint density at radius 1 is 1.11 bits per heavy atom. The number of carbonyl (C=O) groups is 2. The molecule has 0 radical (unpaired) electrons. The van der Waals surface area contributed by atoms with Crippen molar-refractivity contribution in [2.24, 2.45) is 11.8 Å². The predicted octanol–water partition coefficient (Wildman–Crippen LogP) is 3.68. The number of carbonyl (C=O) groups excluding carboxylic acids is 2. The molecule has 2 aliphatic rings. The summed E-state index contributed by atoms with van der Waals surface area (Å²) in [5.74, 6) is 0.352. The lowest BCUT2D eigenvalue weighted by Gasteiger charge is -2.24. The van der Waals surface area contributed by atoms with E-state index < -0.39 is 6.04 Å². The molecule has 1 aromatic heterocycles. The molecule has 1 saturated carbocycles. The van der Waals surface area contributed by atoms with Crippen molar-refractivity contribution < 1.29 is 14.3 Å². The van der Waals surface area contributed by atoms with E-state index in [0.29, 0.717) is 12.3 Å². The number of hydrogen-bond acceptors (Lipinski definition) is 4. The summed E-state index contributed by atoms with van der Waals surface area (Å²) >= 11 is 0. The first-order valence-electron chi connectivity index (χ1n) is 9.80. The average molecular weight is 366 g/mol. The zero-order chi connectivity index (χ0) is 19.0. The van der Waals surface area contributed by atoms with Crippen LogP contribution in [0.5, 0.6) is 0 Å². The molecule has 2 unspecified atom stereocenters. The van der Waals surface area contributed by atoms with Gasteiger partial charge in [0.15, 0.2) is 17.6 Å². The molecule has 5 heteroatoms. The van der Waals surface area contributed by atoms with E-state index in [9.17, 15) is 9.59 Å². The summed E-state index contributed by atoms with van der Waals surface area (Å²) in [6, 6.07) is 9.33. The van der Waals surface area contributed by atoms with Gasteiger partial charge in [-0.1, -0.05) is 29.8 Å². The molecular formula is C22H26N2O3. The molecule has 0 bridgehead atoms. The third-order valence-electron chi connectivity index (χ3n) is 5.90. The molecule has 1 aromatic carbocycles. The highest BCUT2D eigenvalue weighted by Gasteiger charge is 2.44. The zero-order valence-electron chi connectivity index (χ0n) is 16.0. The van der Waals surface area contributed by atoms with E-state index in [1.54, 1.807) is 4.68 Å². The first-order valence-corrected chi connectivity index (χ1v) is 9.80. The van der Waals surface area contributed by atoms with Crippen molar-refractivity contribution in [3.05, 3.63) is 41.6 Å². The summed E-state index contributed by atoms with van der Waals surface area (Å²) in [7, 11) is 0. The van der Waals surface area contributed by atoms with Gasteiger partial charge in [0, 0.05) is 36.8 Å². The fourth-order valence-corrected chi connectivity index (χ4v) is 4.29. The van der Waals surface area contributed by atoms with Crippen molar-refractivity contribution in [3.63, 3.8) is 0 Å². The van der Waals surface area contributed by atoms with Gasteiger partial charge in [0.25, 0.3) is 0 Å². The van der Waals surface area contributed by atoms with Gasteiger partial charge in [-0.25, -0.2) is 0 Å². The van der Waals surface area contributed by atoms with Gasteiger partial charge in [-0.2, -0.15) is 5.10 Å². The summed E-state index contributed by atoms with van der Waals surface area (Å²) in [5, 5.41) is 4.63. The maximum Gasteiger partial charge on any atom is 0.169 e. The molecule has 2 aromatic rings. The van der Waals surface area contributed by atoms with Gasteiger partial charge in [-0.3, -0.25) is 14.3 Å². The smallest absolute Gasteiger partial charge is 0.169 e. The normalized spacial score (nSPS) is 23.9. The third-order valence-corrected chi connectivity index (χ3v) is 5.90. The Balaban J connectivity index is 1.55. The van der Waals surface area contributed by atoms with Crippen molar-refractivity contribution >= 4 is 11.6 Å². The number of hydrogen-bond donors (Lipinski definition) is 0. The van der Waals surface area contributed by atoms with Crippen LogP contribution in [0.3, 0.4) is 0 Å². The van der Waals surface area contributed by atoms with Crippen LogP contribution in [0.2, 0.25) is 0 Å². The molecule has 5 nitrogen and oxygen atoms in total. The molecule has 2 atom stereocenters. The summed E-state index contributed by atoms with van der Waals surface area (Å²) in [6.45, 7) is 5.49. The minimum absolute atomic E-state index is 0.00119. The van der Waals surface area contributed by atoms with Crippen LogP contribution < -0.4 is 0 Å². The fraction of sp³-hybridized carbons (Fsp3) is 0.500. The average Bonchev–Trinajstić information content (AvgIpc) is 3.16.